The minimum absolute atomic E-state index is 0.0261. The van der Waals surface area contributed by atoms with E-state index in [1.807, 2.05) is 11.0 Å². The highest BCUT2D eigenvalue weighted by Gasteiger charge is 2.47. The molecule has 2 aromatic rings. The molecule has 170 valence electrons. The molecule has 0 aromatic heterocycles. The number of urea groups is 1. The van der Waals surface area contributed by atoms with Crippen molar-refractivity contribution < 1.29 is 9.53 Å². The smallest absolute Gasteiger partial charge is 0.324 e. The average Bonchev–Trinajstić information content (AvgIpc) is 3.42. The van der Waals surface area contributed by atoms with Gasteiger partial charge in [0, 0.05) is 37.3 Å². The number of likely N-dealkylation sites (tertiary alicyclic amines) is 2. The lowest BCUT2D eigenvalue weighted by Crippen LogP contribution is -2.48. The summed E-state index contributed by atoms with van der Waals surface area (Å²) in [5.74, 6) is 0.885. The summed E-state index contributed by atoms with van der Waals surface area (Å²) in [6.07, 6.45) is 4.38. The predicted octanol–water partition coefficient (Wildman–Crippen LogP) is 4.88. The van der Waals surface area contributed by atoms with Crippen LogP contribution < -0.4 is 9.64 Å². The fraction of sp³-hybridized carbons (Fsp3) is 0.519. The third-order valence-corrected chi connectivity index (χ3v) is 7.63. The van der Waals surface area contributed by atoms with Crippen molar-refractivity contribution in [3.63, 3.8) is 0 Å². The zero-order valence-electron chi connectivity index (χ0n) is 19.7. The normalized spacial score (nSPS) is 20.1. The van der Waals surface area contributed by atoms with Crippen molar-refractivity contribution in [2.45, 2.75) is 51.5 Å². The van der Waals surface area contributed by atoms with Crippen LogP contribution in [-0.2, 0) is 12.0 Å². The molecule has 2 saturated heterocycles. The second-order valence-electron chi connectivity index (χ2n) is 10.00. The van der Waals surface area contributed by atoms with Gasteiger partial charge < -0.3 is 9.64 Å². The molecule has 5 nitrogen and oxygen atoms in total. The van der Waals surface area contributed by atoms with Gasteiger partial charge in [-0.3, -0.25) is 9.80 Å². The van der Waals surface area contributed by atoms with Crippen molar-refractivity contribution in [3.8, 4) is 5.75 Å². The minimum atomic E-state index is 0.0261. The molecule has 0 saturated carbocycles. The number of amides is 2. The van der Waals surface area contributed by atoms with Gasteiger partial charge in [-0.05, 0) is 81.9 Å². The summed E-state index contributed by atoms with van der Waals surface area (Å²) >= 11 is 0. The first-order valence-electron chi connectivity index (χ1n) is 12.0. The van der Waals surface area contributed by atoms with Crippen LogP contribution in [0.15, 0.2) is 36.4 Å². The summed E-state index contributed by atoms with van der Waals surface area (Å²) in [5.41, 5.74) is 6.49. The highest BCUT2D eigenvalue weighted by molar-refractivity contribution is 5.95. The van der Waals surface area contributed by atoms with Crippen LogP contribution in [0.5, 0.6) is 5.75 Å². The zero-order chi connectivity index (χ0) is 22.3. The Balaban J connectivity index is 1.37. The van der Waals surface area contributed by atoms with Crippen LogP contribution in [-0.4, -0.2) is 55.7 Å². The lowest BCUT2D eigenvalue weighted by Gasteiger charge is -2.40. The molecule has 0 atom stereocenters. The van der Waals surface area contributed by atoms with E-state index in [0.717, 1.165) is 76.4 Å². The number of fused-ring (bicyclic) bond motifs is 2. The quantitative estimate of drug-likeness (QED) is 0.692. The molecule has 0 unspecified atom stereocenters. The molecule has 1 spiro atoms. The van der Waals surface area contributed by atoms with Crippen LogP contribution in [0, 0.1) is 13.8 Å². The number of piperidine rings is 1. The maximum Gasteiger partial charge on any atom is 0.324 e. The first-order chi connectivity index (χ1) is 15.5. The Hall–Kier alpha value is -2.53. The number of nitrogens with zero attached hydrogens (tertiary/aromatic N) is 3. The Morgan fingerprint density at radius 1 is 0.969 bits per heavy atom. The van der Waals surface area contributed by atoms with Gasteiger partial charge in [0.05, 0.1) is 7.11 Å². The fourth-order valence-electron chi connectivity index (χ4n) is 6.01. The van der Waals surface area contributed by atoms with Gasteiger partial charge >= 0.3 is 6.03 Å². The van der Waals surface area contributed by atoms with Gasteiger partial charge in [-0.15, -0.1) is 0 Å². The van der Waals surface area contributed by atoms with Crippen molar-refractivity contribution in [3.05, 3.63) is 58.7 Å². The Morgan fingerprint density at radius 3 is 2.31 bits per heavy atom. The first kappa shape index (κ1) is 21.3. The van der Waals surface area contributed by atoms with E-state index < -0.39 is 0 Å². The van der Waals surface area contributed by atoms with Gasteiger partial charge in [0.1, 0.15) is 5.75 Å². The molecule has 5 rings (SSSR count). The summed E-state index contributed by atoms with van der Waals surface area (Å²) in [4.78, 5) is 20.0. The van der Waals surface area contributed by atoms with Crippen LogP contribution in [0.4, 0.5) is 10.5 Å². The Kier molecular flexibility index (Phi) is 5.62. The number of aryl methyl sites for hydroxylation is 2. The van der Waals surface area contributed by atoms with E-state index >= 15 is 0 Å². The number of hydrogen-bond donors (Lipinski definition) is 0. The molecule has 0 radical (unpaired) electrons. The highest BCUT2D eigenvalue weighted by atomic mass is 16.5. The zero-order valence-corrected chi connectivity index (χ0v) is 19.7. The van der Waals surface area contributed by atoms with Gasteiger partial charge in [-0.2, -0.15) is 0 Å². The molecule has 2 aromatic carbocycles. The molecular weight excluding hydrogens is 398 g/mol. The summed E-state index contributed by atoms with van der Waals surface area (Å²) in [5, 5.41) is 0. The van der Waals surface area contributed by atoms with E-state index in [9.17, 15) is 4.79 Å². The molecule has 3 aliphatic heterocycles. The predicted molar refractivity (Wildman–Crippen MR) is 129 cm³/mol. The molecular formula is C27H35N3O2. The maximum absolute atomic E-state index is 13.4. The third-order valence-electron chi connectivity index (χ3n) is 7.63. The van der Waals surface area contributed by atoms with Crippen LogP contribution >= 0.6 is 0 Å². The van der Waals surface area contributed by atoms with Crippen molar-refractivity contribution in [2.24, 2.45) is 0 Å². The van der Waals surface area contributed by atoms with Gasteiger partial charge in [-0.25, -0.2) is 4.79 Å². The number of carbonyl (C=O) groups excluding carboxylic acids is 1. The Bertz CT molecular complexity index is 984. The highest BCUT2D eigenvalue weighted by Crippen LogP contribution is 2.48. The number of hydrogen-bond acceptors (Lipinski definition) is 3. The largest absolute Gasteiger partial charge is 0.497 e. The van der Waals surface area contributed by atoms with E-state index in [4.69, 9.17) is 4.74 Å². The fourth-order valence-corrected chi connectivity index (χ4v) is 6.01. The standard InChI is InChI=1S/C27H35N3O2/c1-20-14-21(2)16-22(15-20)18-28-12-8-27(9-13-28)19-30(26(31)29-10-4-5-11-29)25-7-6-23(32-3)17-24(25)27/h6-7,14-17H,4-5,8-13,18-19H2,1-3H3. The summed E-state index contributed by atoms with van der Waals surface area (Å²) in [6, 6.07) is 13.3. The number of methoxy groups -OCH3 is 1. The number of carbonyl (C=O) groups is 1. The molecule has 5 heteroatoms. The van der Waals surface area contributed by atoms with Crippen LogP contribution in [0.25, 0.3) is 0 Å². The monoisotopic (exact) mass is 433 g/mol. The first-order valence-corrected chi connectivity index (χ1v) is 12.0. The second-order valence-corrected chi connectivity index (χ2v) is 10.00. The SMILES string of the molecule is COc1ccc2c(c1)C1(CCN(Cc3cc(C)cc(C)c3)CC1)CN2C(=O)N1CCCC1. The number of benzene rings is 2. The number of anilines is 1. The number of rotatable bonds is 3. The van der Waals surface area contributed by atoms with E-state index in [2.05, 4.69) is 54.0 Å². The number of ether oxygens (including phenoxy) is 1. The van der Waals surface area contributed by atoms with Crippen molar-refractivity contribution >= 4 is 11.7 Å². The molecule has 0 N–H and O–H groups in total. The Morgan fingerprint density at radius 2 is 1.66 bits per heavy atom. The van der Waals surface area contributed by atoms with E-state index in [1.54, 1.807) is 7.11 Å². The van der Waals surface area contributed by atoms with E-state index in [0.29, 0.717) is 0 Å². The van der Waals surface area contributed by atoms with E-state index in [1.165, 1.54) is 22.3 Å². The molecule has 32 heavy (non-hydrogen) atoms. The van der Waals surface area contributed by atoms with Crippen LogP contribution in [0.1, 0.15) is 47.9 Å². The van der Waals surface area contributed by atoms with Gasteiger partial charge in [-0.1, -0.05) is 29.3 Å². The summed E-state index contributed by atoms with van der Waals surface area (Å²) in [6.45, 7) is 10.0. The molecule has 0 aliphatic carbocycles. The molecule has 3 heterocycles. The minimum Gasteiger partial charge on any atom is -0.497 e. The van der Waals surface area contributed by atoms with Crippen molar-refractivity contribution in [1.82, 2.24) is 9.80 Å². The lowest BCUT2D eigenvalue weighted by atomic mass is 9.74. The Labute approximate surface area is 191 Å². The summed E-state index contributed by atoms with van der Waals surface area (Å²) < 4.78 is 5.57. The molecule has 2 amide bonds. The second kappa shape index (κ2) is 8.43. The van der Waals surface area contributed by atoms with Crippen LogP contribution in [0.3, 0.4) is 0 Å². The summed E-state index contributed by atoms with van der Waals surface area (Å²) in [7, 11) is 1.73. The molecule has 0 bridgehead atoms. The molecule has 3 aliphatic rings. The van der Waals surface area contributed by atoms with Gasteiger partial charge in [0.25, 0.3) is 0 Å². The van der Waals surface area contributed by atoms with Gasteiger partial charge in [0.15, 0.2) is 0 Å². The van der Waals surface area contributed by atoms with Crippen molar-refractivity contribution in [2.75, 3.05) is 44.7 Å². The lowest BCUT2D eigenvalue weighted by molar-refractivity contribution is 0.158. The van der Waals surface area contributed by atoms with Crippen LogP contribution in [0.2, 0.25) is 0 Å². The topological polar surface area (TPSA) is 36.0 Å². The maximum atomic E-state index is 13.4. The van der Waals surface area contributed by atoms with Crippen molar-refractivity contribution in [1.29, 1.82) is 0 Å². The van der Waals surface area contributed by atoms with Gasteiger partial charge in [0.2, 0.25) is 0 Å². The van der Waals surface area contributed by atoms with E-state index in [-0.39, 0.29) is 11.4 Å². The molecule has 2 fully saturated rings. The third kappa shape index (κ3) is 3.88. The average molecular weight is 434 g/mol.